The van der Waals surface area contributed by atoms with E-state index in [9.17, 15) is 0 Å². The second kappa shape index (κ2) is 4.86. The van der Waals surface area contributed by atoms with Gasteiger partial charge in [-0.1, -0.05) is 12.7 Å². The number of benzene rings is 1. The highest BCUT2D eigenvalue weighted by atomic mass is 16.7. The van der Waals surface area contributed by atoms with E-state index in [0.717, 1.165) is 0 Å². The first-order valence-electron chi connectivity index (χ1n) is 5.10. The second-order valence-corrected chi connectivity index (χ2v) is 3.27. The van der Waals surface area contributed by atoms with Crippen LogP contribution in [0.5, 0.6) is 28.7 Å². The average Bonchev–Trinajstić information content (AvgIpc) is 2.81. The molecule has 0 spiro atoms. The van der Waals surface area contributed by atoms with E-state index < -0.39 is 0 Å². The van der Waals surface area contributed by atoms with Crippen molar-refractivity contribution in [2.24, 2.45) is 0 Å². The minimum atomic E-state index is 0.166. The van der Waals surface area contributed by atoms with Gasteiger partial charge in [0.15, 0.2) is 11.5 Å². The molecule has 17 heavy (non-hydrogen) atoms. The standard InChI is InChI=1S/C12H14O5/c1-4-5-15-8-6-9-11(17-7-16-9)12(14-3)10(8)13-2/h4,6H,1,5,7H2,2-3H3. The third-order valence-corrected chi connectivity index (χ3v) is 2.30. The maximum Gasteiger partial charge on any atom is 0.231 e. The summed E-state index contributed by atoms with van der Waals surface area (Å²) in [6.45, 7) is 4.13. The molecule has 1 aliphatic heterocycles. The van der Waals surface area contributed by atoms with Crippen LogP contribution in [-0.2, 0) is 0 Å². The fourth-order valence-corrected chi connectivity index (χ4v) is 1.61. The Kier molecular flexibility index (Phi) is 3.27. The molecule has 0 N–H and O–H groups in total. The number of fused-ring (bicyclic) bond motifs is 1. The molecule has 0 aromatic heterocycles. The van der Waals surface area contributed by atoms with Gasteiger partial charge in [0.05, 0.1) is 14.2 Å². The maximum absolute atomic E-state index is 5.49. The maximum atomic E-state index is 5.49. The summed E-state index contributed by atoms with van der Waals surface area (Å²) in [4.78, 5) is 0. The van der Waals surface area contributed by atoms with E-state index in [1.807, 2.05) is 0 Å². The predicted octanol–water partition coefficient (Wildman–Crippen LogP) is 2.00. The summed E-state index contributed by atoms with van der Waals surface area (Å²) < 4.78 is 26.6. The highest BCUT2D eigenvalue weighted by Gasteiger charge is 2.26. The molecule has 0 bridgehead atoms. The molecule has 92 valence electrons. The first kappa shape index (κ1) is 11.4. The third kappa shape index (κ3) is 1.95. The molecule has 1 aromatic carbocycles. The monoisotopic (exact) mass is 238 g/mol. The predicted molar refractivity (Wildman–Crippen MR) is 61.4 cm³/mol. The van der Waals surface area contributed by atoms with E-state index in [2.05, 4.69) is 6.58 Å². The van der Waals surface area contributed by atoms with Crippen LogP contribution in [0.3, 0.4) is 0 Å². The number of hydrogen-bond acceptors (Lipinski definition) is 5. The molecule has 1 aromatic rings. The van der Waals surface area contributed by atoms with Gasteiger partial charge in [0.2, 0.25) is 24.0 Å². The Morgan fingerprint density at radius 2 is 2.06 bits per heavy atom. The van der Waals surface area contributed by atoms with E-state index >= 15 is 0 Å². The molecule has 0 radical (unpaired) electrons. The lowest BCUT2D eigenvalue weighted by atomic mass is 10.2. The lowest BCUT2D eigenvalue weighted by molar-refractivity contribution is 0.170. The van der Waals surface area contributed by atoms with E-state index in [0.29, 0.717) is 35.4 Å². The lowest BCUT2D eigenvalue weighted by Crippen LogP contribution is -1.99. The SMILES string of the molecule is C=CCOc1cc2c(c(OC)c1OC)OCO2. The molecule has 0 unspecified atom stereocenters. The molecule has 0 atom stereocenters. The number of rotatable bonds is 5. The average molecular weight is 238 g/mol. The van der Waals surface area contributed by atoms with Crippen molar-refractivity contribution in [3.8, 4) is 28.7 Å². The zero-order valence-corrected chi connectivity index (χ0v) is 9.82. The normalized spacial score (nSPS) is 12.1. The molecule has 5 nitrogen and oxygen atoms in total. The molecule has 0 fully saturated rings. The third-order valence-electron chi connectivity index (χ3n) is 2.30. The number of ether oxygens (including phenoxy) is 5. The summed E-state index contributed by atoms with van der Waals surface area (Å²) in [7, 11) is 3.08. The Morgan fingerprint density at radius 1 is 1.29 bits per heavy atom. The quantitative estimate of drug-likeness (QED) is 0.734. The van der Waals surface area contributed by atoms with Crippen molar-refractivity contribution in [3.63, 3.8) is 0 Å². The summed E-state index contributed by atoms with van der Waals surface area (Å²) in [5, 5.41) is 0. The first-order chi connectivity index (χ1) is 8.31. The van der Waals surface area contributed by atoms with Gasteiger partial charge < -0.3 is 23.7 Å². The first-order valence-corrected chi connectivity index (χ1v) is 5.10. The van der Waals surface area contributed by atoms with E-state index in [4.69, 9.17) is 23.7 Å². The van der Waals surface area contributed by atoms with Gasteiger partial charge in [-0.25, -0.2) is 0 Å². The molecule has 0 saturated carbocycles. The lowest BCUT2D eigenvalue weighted by Gasteiger charge is -2.14. The van der Waals surface area contributed by atoms with Crippen molar-refractivity contribution in [2.45, 2.75) is 0 Å². The summed E-state index contributed by atoms with van der Waals surface area (Å²) in [6, 6.07) is 1.72. The van der Waals surface area contributed by atoms with Crippen molar-refractivity contribution < 1.29 is 23.7 Å². The van der Waals surface area contributed by atoms with Crippen molar-refractivity contribution in [1.29, 1.82) is 0 Å². The van der Waals surface area contributed by atoms with Crippen LogP contribution in [0.1, 0.15) is 0 Å². The van der Waals surface area contributed by atoms with Crippen LogP contribution in [0.25, 0.3) is 0 Å². The van der Waals surface area contributed by atoms with E-state index in [1.165, 1.54) is 7.11 Å². The molecule has 0 amide bonds. The highest BCUT2D eigenvalue weighted by molar-refractivity contribution is 5.66. The zero-order chi connectivity index (χ0) is 12.3. The van der Waals surface area contributed by atoms with E-state index in [-0.39, 0.29) is 6.79 Å². The topological polar surface area (TPSA) is 46.2 Å². The van der Waals surface area contributed by atoms with Crippen LogP contribution < -0.4 is 23.7 Å². The van der Waals surface area contributed by atoms with Gasteiger partial charge >= 0.3 is 0 Å². The van der Waals surface area contributed by atoms with Gasteiger partial charge in [-0.3, -0.25) is 0 Å². The van der Waals surface area contributed by atoms with Crippen molar-refractivity contribution in [1.82, 2.24) is 0 Å². The minimum absolute atomic E-state index is 0.166. The fraction of sp³-hybridized carbons (Fsp3) is 0.333. The zero-order valence-electron chi connectivity index (χ0n) is 9.82. The van der Waals surface area contributed by atoms with Gasteiger partial charge in [-0.15, -0.1) is 0 Å². The summed E-state index contributed by atoms with van der Waals surface area (Å²) >= 11 is 0. The van der Waals surface area contributed by atoms with Crippen molar-refractivity contribution >= 4 is 0 Å². The Morgan fingerprint density at radius 3 is 2.71 bits per heavy atom. The van der Waals surface area contributed by atoms with Crippen LogP contribution in [0.15, 0.2) is 18.7 Å². The Bertz CT molecular complexity index is 427. The van der Waals surface area contributed by atoms with E-state index in [1.54, 1.807) is 19.3 Å². The molecular weight excluding hydrogens is 224 g/mol. The largest absolute Gasteiger partial charge is 0.490 e. The molecule has 0 aliphatic carbocycles. The fourth-order valence-electron chi connectivity index (χ4n) is 1.61. The molecule has 1 heterocycles. The molecule has 0 saturated heterocycles. The van der Waals surface area contributed by atoms with Crippen LogP contribution in [0.4, 0.5) is 0 Å². The number of methoxy groups -OCH3 is 2. The Labute approximate surface area is 99.5 Å². The molecule has 2 rings (SSSR count). The molecular formula is C12H14O5. The van der Waals surface area contributed by atoms with Crippen molar-refractivity contribution in [3.05, 3.63) is 18.7 Å². The van der Waals surface area contributed by atoms with Crippen LogP contribution >= 0.6 is 0 Å². The van der Waals surface area contributed by atoms with Crippen LogP contribution in [0, 0.1) is 0 Å². The van der Waals surface area contributed by atoms with Gasteiger partial charge in [0.1, 0.15) is 6.61 Å². The smallest absolute Gasteiger partial charge is 0.231 e. The van der Waals surface area contributed by atoms with Crippen LogP contribution in [-0.4, -0.2) is 27.6 Å². The van der Waals surface area contributed by atoms with Gasteiger partial charge in [0.25, 0.3) is 0 Å². The number of hydrogen-bond donors (Lipinski definition) is 0. The summed E-state index contributed by atoms with van der Waals surface area (Å²) in [6.07, 6.45) is 1.65. The van der Waals surface area contributed by atoms with Gasteiger partial charge in [-0.05, 0) is 0 Å². The Balaban J connectivity index is 2.47. The Hall–Kier alpha value is -2.04. The van der Waals surface area contributed by atoms with Crippen LogP contribution in [0.2, 0.25) is 0 Å². The molecule has 5 heteroatoms. The van der Waals surface area contributed by atoms with Crippen molar-refractivity contribution in [2.75, 3.05) is 27.6 Å². The highest BCUT2D eigenvalue weighted by Crippen LogP contribution is 2.52. The summed E-state index contributed by atoms with van der Waals surface area (Å²) in [5.74, 6) is 2.62. The molecule has 1 aliphatic rings. The van der Waals surface area contributed by atoms with Gasteiger partial charge in [-0.2, -0.15) is 0 Å². The second-order valence-electron chi connectivity index (χ2n) is 3.27. The minimum Gasteiger partial charge on any atom is -0.490 e. The van der Waals surface area contributed by atoms with Gasteiger partial charge in [0, 0.05) is 6.07 Å². The summed E-state index contributed by atoms with van der Waals surface area (Å²) in [5.41, 5.74) is 0.